The van der Waals surface area contributed by atoms with Crippen LogP contribution in [0, 0.1) is 0 Å². The molecule has 0 spiro atoms. The monoisotopic (exact) mass is 386 g/mol. The molecule has 132 valence electrons. The standard InChI is InChI=1S/C17H15ClN6OS/c18-13-6-8-14(9-7-13)20-15(25)11-26-17-21-16(23-24-17)22-19-10-12-4-2-1-3-5-12/h1-10H,11H2,(H,20,25)(H2,21,22,23,24)/b19-10-. The molecule has 3 N–H and O–H groups in total. The van der Waals surface area contributed by atoms with Crippen LogP contribution < -0.4 is 10.7 Å². The fraction of sp³-hybridized carbons (Fsp3) is 0.0588. The predicted octanol–water partition coefficient (Wildman–Crippen LogP) is 3.63. The number of H-pyrrole nitrogens is 1. The number of aromatic nitrogens is 3. The Hall–Kier alpha value is -2.84. The summed E-state index contributed by atoms with van der Waals surface area (Å²) in [6, 6.07) is 16.6. The van der Waals surface area contributed by atoms with E-state index in [-0.39, 0.29) is 11.7 Å². The number of nitrogens with one attached hydrogen (secondary N) is 3. The number of carbonyl (C=O) groups is 1. The van der Waals surface area contributed by atoms with E-state index in [0.29, 0.717) is 21.8 Å². The third-order valence-corrected chi connectivity index (χ3v) is 4.21. The van der Waals surface area contributed by atoms with E-state index < -0.39 is 0 Å². The highest BCUT2D eigenvalue weighted by molar-refractivity contribution is 7.99. The first-order valence-electron chi connectivity index (χ1n) is 7.64. The van der Waals surface area contributed by atoms with E-state index in [1.807, 2.05) is 30.3 Å². The second kappa shape index (κ2) is 9.02. The number of rotatable bonds is 7. The molecule has 0 bridgehead atoms. The van der Waals surface area contributed by atoms with E-state index in [4.69, 9.17) is 11.6 Å². The summed E-state index contributed by atoms with van der Waals surface area (Å²) in [4.78, 5) is 16.1. The quantitative estimate of drug-likeness (QED) is 0.327. The van der Waals surface area contributed by atoms with Gasteiger partial charge in [-0.2, -0.15) is 10.1 Å². The Bertz CT molecular complexity index is 882. The number of amides is 1. The van der Waals surface area contributed by atoms with Crippen LogP contribution in [0.4, 0.5) is 11.6 Å². The molecule has 1 heterocycles. The molecular formula is C17H15ClN6OS. The molecule has 7 nitrogen and oxygen atoms in total. The third kappa shape index (κ3) is 5.61. The number of hydrogen-bond acceptors (Lipinski definition) is 6. The summed E-state index contributed by atoms with van der Waals surface area (Å²) < 4.78 is 0. The van der Waals surface area contributed by atoms with Crippen molar-refractivity contribution >= 4 is 47.1 Å². The van der Waals surface area contributed by atoms with Crippen molar-refractivity contribution in [1.29, 1.82) is 0 Å². The van der Waals surface area contributed by atoms with Gasteiger partial charge in [0.15, 0.2) is 0 Å². The van der Waals surface area contributed by atoms with Crippen LogP contribution in [0.3, 0.4) is 0 Å². The van der Waals surface area contributed by atoms with Crippen molar-refractivity contribution < 1.29 is 4.79 Å². The first kappa shape index (κ1) is 18.0. The van der Waals surface area contributed by atoms with E-state index in [2.05, 4.69) is 31.0 Å². The molecule has 9 heteroatoms. The third-order valence-electron chi connectivity index (χ3n) is 3.11. The van der Waals surface area contributed by atoms with Gasteiger partial charge in [0.1, 0.15) is 0 Å². The second-order valence-corrected chi connectivity index (χ2v) is 6.47. The Morgan fingerprint density at radius 3 is 2.73 bits per heavy atom. The lowest BCUT2D eigenvalue weighted by atomic mass is 10.2. The molecule has 2 aromatic carbocycles. The first-order valence-corrected chi connectivity index (χ1v) is 9.00. The molecule has 0 saturated carbocycles. The summed E-state index contributed by atoms with van der Waals surface area (Å²) in [6.07, 6.45) is 1.68. The summed E-state index contributed by atoms with van der Waals surface area (Å²) in [7, 11) is 0. The molecule has 0 aliphatic heterocycles. The zero-order valence-electron chi connectivity index (χ0n) is 13.5. The van der Waals surface area contributed by atoms with Gasteiger partial charge in [0.2, 0.25) is 17.0 Å². The average molecular weight is 387 g/mol. The van der Waals surface area contributed by atoms with Gasteiger partial charge in [-0.3, -0.25) is 4.79 Å². The van der Waals surface area contributed by atoms with Crippen molar-refractivity contribution in [2.75, 3.05) is 16.5 Å². The van der Waals surface area contributed by atoms with Gasteiger partial charge in [-0.05, 0) is 29.8 Å². The van der Waals surface area contributed by atoms with Crippen molar-refractivity contribution in [3.63, 3.8) is 0 Å². The molecule has 0 aliphatic carbocycles. The number of hydrogen-bond donors (Lipinski definition) is 3. The molecule has 0 atom stereocenters. The molecule has 0 fully saturated rings. The molecule has 3 aromatic rings. The second-order valence-electron chi connectivity index (χ2n) is 5.09. The number of nitrogens with zero attached hydrogens (tertiary/aromatic N) is 3. The minimum atomic E-state index is -0.154. The lowest BCUT2D eigenvalue weighted by Crippen LogP contribution is -2.13. The number of thioether (sulfide) groups is 1. The van der Waals surface area contributed by atoms with Crippen LogP contribution in [0.1, 0.15) is 5.56 Å². The summed E-state index contributed by atoms with van der Waals surface area (Å²) in [5.74, 6) is 0.434. The highest BCUT2D eigenvalue weighted by Gasteiger charge is 2.08. The van der Waals surface area contributed by atoms with Crippen LogP contribution in [-0.4, -0.2) is 33.1 Å². The summed E-state index contributed by atoms with van der Waals surface area (Å²) in [5, 5.41) is 14.7. The number of benzene rings is 2. The molecule has 0 radical (unpaired) electrons. The van der Waals surface area contributed by atoms with Crippen LogP contribution in [0.2, 0.25) is 5.02 Å². The maximum atomic E-state index is 11.9. The summed E-state index contributed by atoms with van der Waals surface area (Å²) in [5.41, 5.74) is 4.41. The van der Waals surface area contributed by atoms with Crippen LogP contribution in [0.5, 0.6) is 0 Å². The molecular weight excluding hydrogens is 372 g/mol. The van der Waals surface area contributed by atoms with Gasteiger partial charge < -0.3 is 5.32 Å². The fourth-order valence-corrected chi connectivity index (χ4v) is 2.65. The number of anilines is 2. The van der Waals surface area contributed by atoms with Crippen molar-refractivity contribution in [1.82, 2.24) is 15.2 Å². The van der Waals surface area contributed by atoms with Crippen molar-refractivity contribution in [3.8, 4) is 0 Å². The Balaban J connectivity index is 1.45. The van der Waals surface area contributed by atoms with Crippen molar-refractivity contribution in [2.24, 2.45) is 5.10 Å². The largest absolute Gasteiger partial charge is 0.325 e. The van der Waals surface area contributed by atoms with Gasteiger partial charge in [-0.1, -0.05) is 53.7 Å². The van der Waals surface area contributed by atoms with Gasteiger partial charge in [0, 0.05) is 10.7 Å². The van der Waals surface area contributed by atoms with E-state index in [1.54, 1.807) is 30.5 Å². The zero-order valence-corrected chi connectivity index (χ0v) is 15.1. The van der Waals surface area contributed by atoms with Crippen molar-refractivity contribution in [2.45, 2.75) is 5.16 Å². The molecule has 0 unspecified atom stereocenters. The number of aromatic amines is 1. The van der Waals surface area contributed by atoms with Gasteiger partial charge in [-0.25, -0.2) is 10.5 Å². The molecule has 1 aromatic heterocycles. The average Bonchev–Trinajstić information content (AvgIpc) is 3.11. The molecule has 3 rings (SSSR count). The van der Waals surface area contributed by atoms with Gasteiger partial charge in [0.25, 0.3) is 0 Å². The van der Waals surface area contributed by atoms with Crippen LogP contribution in [0.25, 0.3) is 0 Å². The molecule has 26 heavy (non-hydrogen) atoms. The minimum absolute atomic E-state index is 0.154. The van der Waals surface area contributed by atoms with Gasteiger partial charge in [0.05, 0.1) is 12.0 Å². The summed E-state index contributed by atoms with van der Waals surface area (Å²) >= 11 is 7.03. The first-order chi connectivity index (χ1) is 12.7. The highest BCUT2D eigenvalue weighted by Crippen LogP contribution is 2.16. The smallest absolute Gasteiger partial charge is 0.240 e. The van der Waals surface area contributed by atoms with E-state index in [1.165, 1.54) is 11.8 Å². The van der Waals surface area contributed by atoms with Crippen molar-refractivity contribution in [3.05, 3.63) is 65.2 Å². The lowest BCUT2D eigenvalue weighted by molar-refractivity contribution is -0.113. The topological polar surface area (TPSA) is 95.1 Å². The predicted molar refractivity (Wildman–Crippen MR) is 105 cm³/mol. The number of carbonyl (C=O) groups excluding carboxylic acids is 1. The van der Waals surface area contributed by atoms with Gasteiger partial charge >= 0.3 is 0 Å². The minimum Gasteiger partial charge on any atom is -0.325 e. The molecule has 0 saturated heterocycles. The zero-order chi connectivity index (χ0) is 18.2. The Morgan fingerprint density at radius 1 is 1.19 bits per heavy atom. The summed E-state index contributed by atoms with van der Waals surface area (Å²) in [6.45, 7) is 0. The fourth-order valence-electron chi connectivity index (χ4n) is 1.93. The number of halogens is 1. The van der Waals surface area contributed by atoms with E-state index in [0.717, 1.165) is 5.56 Å². The molecule has 1 amide bonds. The highest BCUT2D eigenvalue weighted by atomic mass is 35.5. The van der Waals surface area contributed by atoms with Crippen LogP contribution >= 0.6 is 23.4 Å². The Kier molecular flexibility index (Phi) is 6.24. The Morgan fingerprint density at radius 2 is 1.96 bits per heavy atom. The van der Waals surface area contributed by atoms with Gasteiger partial charge in [-0.15, -0.1) is 5.10 Å². The molecule has 0 aliphatic rings. The maximum absolute atomic E-state index is 11.9. The number of hydrazone groups is 1. The maximum Gasteiger partial charge on any atom is 0.240 e. The normalized spacial score (nSPS) is 10.8. The van der Waals surface area contributed by atoms with Crippen LogP contribution in [0.15, 0.2) is 64.9 Å². The van der Waals surface area contributed by atoms with Crippen LogP contribution in [-0.2, 0) is 4.79 Å². The van der Waals surface area contributed by atoms with E-state index >= 15 is 0 Å². The SMILES string of the molecule is O=C(CSc1n[nH]c(N/N=C\c2ccccc2)n1)Nc1ccc(Cl)cc1. The lowest BCUT2D eigenvalue weighted by Gasteiger charge is -2.03. The van der Waals surface area contributed by atoms with E-state index in [9.17, 15) is 4.79 Å². The Labute approximate surface area is 159 Å².